The fourth-order valence-corrected chi connectivity index (χ4v) is 2.01. The standard InChI is InChI=1S/C14H17ClN2O2/c1-14(2,19-3)9-17-12(18)8-16-13(17)10-4-6-11(15)7-5-10/h4-7H,8-9H2,1-3H3. The molecular weight excluding hydrogens is 264 g/mol. The molecule has 1 aliphatic heterocycles. The minimum atomic E-state index is -0.410. The predicted molar refractivity (Wildman–Crippen MR) is 75.7 cm³/mol. The van der Waals surface area contributed by atoms with E-state index in [2.05, 4.69) is 4.99 Å². The Labute approximate surface area is 118 Å². The Morgan fingerprint density at radius 3 is 2.58 bits per heavy atom. The molecule has 0 bridgehead atoms. The maximum atomic E-state index is 11.9. The highest BCUT2D eigenvalue weighted by atomic mass is 35.5. The van der Waals surface area contributed by atoms with E-state index < -0.39 is 5.60 Å². The monoisotopic (exact) mass is 280 g/mol. The molecule has 0 saturated carbocycles. The Bertz CT molecular complexity index is 509. The lowest BCUT2D eigenvalue weighted by Gasteiger charge is -2.29. The lowest BCUT2D eigenvalue weighted by molar-refractivity contribution is -0.127. The van der Waals surface area contributed by atoms with Gasteiger partial charge in [-0.15, -0.1) is 0 Å². The molecule has 1 aliphatic rings. The van der Waals surface area contributed by atoms with Gasteiger partial charge in [0.25, 0.3) is 0 Å². The molecule has 102 valence electrons. The van der Waals surface area contributed by atoms with Crippen LogP contribution >= 0.6 is 11.6 Å². The number of hydrogen-bond acceptors (Lipinski definition) is 3. The fourth-order valence-electron chi connectivity index (χ4n) is 1.89. The van der Waals surface area contributed by atoms with Crippen molar-refractivity contribution in [2.24, 2.45) is 4.99 Å². The van der Waals surface area contributed by atoms with Crippen molar-refractivity contribution >= 4 is 23.3 Å². The SMILES string of the molecule is COC(C)(C)CN1C(=O)CN=C1c1ccc(Cl)cc1. The zero-order valence-electron chi connectivity index (χ0n) is 11.3. The molecule has 1 aromatic carbocycles. The summed E-state index contributed by atoms with van der Waals surface area (Å²) >= 11 is 5.87. The van der Waals surface area contributed by atoms with Gasteiger partial charge < -0.3 is 4.74 Å². The number of aliphatic imine (C=N–C) groups is 1. The van der Waals surface area contributed by atoms with Crippen LogP contribution in [-0.2, 0) is 9.53 Å². The minimum Gasteiger partial charge on any atom is -0.377 e. The number of carbonyl (C=O) groups excluding carboxylic acids is 1. The smallest absolute Gasteiger partial charge is 0.249 e. The third-order valence-electron chi connectivity index (χ3n) is 3.11. The van der Waals surface area contributed by atoms with Gasteiger partial charge in [0.2, 0.25) is 5.91 Å². The molecule has 0 aromatic heterocycles. The van der Waals surface area contributed by atoms with E-state index in [1.54, 1.807) is 24.1 Å². The van der Waals surface area contributed by atoms with Crippen LogP contribution in [0.15, 0.2) is 29.3 Å². The predicted octanol–water partition coefficient (Wildman–Crippen LogP) is 2.35. The van der Waals surface area contributed by atoms with Gasteiger partial charge in [0.1, 0.15) is 12.4 Å². The summed E-state index contributed by atoms with van der Waals surface area (Å²) in [6, 6.07) is 7.32. The second-order valence-electron chi connectivity index (χ2n) is 5.09. The van der Waals surface area contributed by atoms with Crippen molar-refractivity contribution in [2.75, 3.05) is 20.2 Å². The summed E-state index contributed by atoms with van der Waals surface area (Å²) in [7, 11) is 1.64. The fraction of sp³-hybridized carbons (Fsp3) is 0.429. The van der Waals surface area contributed by atoms with Crippen molar-refractivity contribution in [1.29, 1.82) is 0 Å². The van der Waals surface area contributed by atoms with E-state index in [1.165, 1.54) is 0 Å². The first-order valence-corrected chi connectivity index (χ1v) is 6.47. The number of amides is 1. The van der Waals surface area contributed by atoms with Crippen molar-refractivity contribution in [1.82, 2.24) is 4.90 Å². The van der Waals surface area contributed by atoms with E-state index in [4.69, 9.17) is 16.3 Å². The Balaban J connectivity index is 2.24. The van der Waals surface area contributed by atoms with Crippen LogP contribution in [0.2, 0.25) is 5.02 Å². The number of amidine groups is 1. The van der Waals surface area contributed by atoms with Gasteiger partial charge >= 0.3 is 0 Å². The molecule has 0 atom stereocenters. The second-order valence-corrected chi connectivity index (χ2v) is 5.53. The maximum Gasteiger partial charge on any atom is 0.249 e. The van der Waals surface area contributed by atoms with Crippen molar-refractivity contribution < 1.29 is 9.53 Å². The van der Waals surface area contributed by atoms with Crippen molar-refractivity contribution in [3.8, 4) is 0 Å². The second kappa shape index (κ2) is 5.31. The van der Waals surface area contributed by atoms with Gasteiger partial charge in [-0.1, -0.05) is 11.6 Å². The van der Waals surface area contributed by atoms with Crippen LogP contribution in [0, 0.1) is 0 Å². The first kappa shape index (κ1) is 14.0. The third kappa shape index (κ3) is 3.14. The van der Waals surface area contributed by atoms with Crippen LogP contribution < -0.4 is 0 Å². The first-order valence-electron chi connectivity index (χ1n) is 6.09. The molecule has 0 radical (unpaired) electrons. The number of carbonyl (C=O) groups is 1. The number of halogens is 1. The van der Waals surface area contributed by atoms with E-state index in [9.17, 15) is 4.79 Å². The average Bonchev–Trinajstić information content (AvgIpc) is 2.72. The van der Waals surface area contributed by atoms with Gasteiger partial charge in [-0.2, -0.15) is 0 Å². The van der Waals surface area contributed by atoms with Gasteiger partial charge in [0, 0.05) is 17.7 Å². The van der Waals surface area contributed by atoms with Gasteiger partial charge in [-0.3, -0.25) is 14.7 Å². The Morgan fingerprint density at radius 2 is 2.00 bits per heavy atom. The zero-order chi connectivity index (χ0) is 14.0. The highest BCUT2D eigenvalue weighted by Gasteiger charge is 2.31. The molecule has 1 heterocycles. The van der Waals surface area contributed by atoms with E-state index >= 15 is 0 Å². The Hall–Kier alpha value is -1.39. The molecule has 2 rings (SSSR count). The van der Waals surface area contributed by atoms with Crippen LogP contribution in [0.1, 0.15) is 19.4 Å². The van der Waals surface area contributed by atoms with Gasteiger partial charge in [0.05, 0.1) is 12.1 Å². The quantitative estimate of drug-likeness (QED) is 0.850. The van der Waals surface area contributed by atoms with Crippen LogP contribution in [-0.4, -0.2) is 42.4 Å². The molecule has 0 N–H and O–H groups in total. The lowest BCUT2D eigenvalue weighted by atomic mass is 10.1. The van der Waals surface area contributed by atoms with Crippen LogP contribution in [0.3, 0.4) is 0 Å². The van der Waals surface area contributed by atoms with Crippen LogP contribution in [0.5, 0.6) is 0 Å². The molecule has 19 heavy (non-hydrogen) atoms. The van der Waals surface area contributed by atoms with Crippen LogP contribution in [0.4, 0.5) is 0 Å². The molecule has 0 saturated heterocycles. The number of nitrogens with zero attached hydrogens (tertiary/aromatic N) is 2. The maximum absolute atomic E-state index is 11.9. The summed E-state index contributed by atoms with van der Waals surface area (Å²) in [5, 5.41) is 0.664. The molecule has 1 aromatic rings. The topological polar surface area (TPSA) is 41.9 Å². The largest absolute Gasteiger partial charge is 0.377 e. The average molecular weight is 281 g/mol. The molecular formula is C14H17ClN2O2. The summed E-state index contributed by atoms with van der Waals surface area (Å²) in [5.41, 5.74) is 0.481. The summed E-state index contributed by atoms with van der Waals surface area (Å²) in [6.45, 7) is 4.55. The number of ether oxygens (including phenoxy) is 1. The lowest BCUT2D eigenvalue weighted by Crippen LogP contribution is -2.44. The van der Waals surface area contributed by atoms with Crippen molar-refractivity contribution in [3.05, 3.63) is 34.9 Å². The minimum absolute atomic E-state index is 0.00456. The van der Waals surface area contributed by atoms with E-state index in [0.717, 1.165) is 5.56 Å². The first-order chi connectivity index (χ1) is 8.93. The molecule has 0 spiro atoms. The number of methoxy groups -OCH3 is 1. The summed E-state index contributed by atoms with van der Waals surface area (Å²) in [4.78, 5) is 17.9. The summed E-state index contributed by atoms with van der Waals surface area (Å²) in [6.07, 6.45) is 0. The number of hydrogen-bond donors (Lipinski definition) is 0. The number of benzene rings is 1. The normalized spacial score (nSPS) is 15.9. The molecule has 5 heteroatoms. The summed E-state index contributed by atoms with van der Waals surface area (Å²) in [5.74, 6) is 0.682. The number of rotatable bonds is 4. The van der Waals surface area contributed by atoms with E-state index in [-0.39, 0.29) is 12.5 Å². The molecule has 0 unspecified atom stereocenters. The Morgan fingerprint density at radius 1 is 1.37 bits per heavy atom. The van der Waals surface area contributed by atoms with E-state index in [1.807, 2.05) is 26.0 Å². The van der Waals surface area contributed by atoms with E-state index in [0.29, 0.717) is 17.4 Å². The molecule has 0 aliphatic carbocycles. The van der Waals surface area contributed by atoms with Gasteiger partial charge in [-0.05, 0) is 38.1 Å². The van der Waals surface area contributed by atoms with Crippen LogP contribution in [0.25, 0.3) is 0 Å². The molecule has 4 nitrogen and oxygen atoms in total. The highest BCUT2D eigenvalue weighted by Crippen LogP contribution is 2.19. The Kier molecular flexibility index (Phi) is 3.92. The van der Waals surface area contributed by atoms with Crippen molar-refractivity contribution in [2.45, 2.75) is 19.4 Å². The van der Waals surface area contributed by atoms with Gasteiger partial charge in [-0.25, -0.2) is 0 Å². The zero-order valence-corrected chi connectivity index (χ0v) is 12.1. The molecule has 1 amide bonds. The summed E-state index contributed by atoms with van der Waals surface area (Å²) < 4.78 is 5.38. The van der Waals surface area contributed by atoms with Gasteiger partial charge in [0.15, 0.2) is 0 Å². The van der Waals surface area contributed by atoms with Crippen molar-refractivity contribution in [3.63, 3.8) is 0 Å². The third-order valence-corrected chi connectivity index (χ3v) is 3.37. The molecule has 0 fully saturated rings. The highest BCUT2D eigenvalue weighted by molar-refractivity contribution is 6.30.